The molecule has 25 heavy (non-hydrogen) atoms. The average molecular weight is 355 g/mol. The van der Waals surface area contributed by atoms with Crippen LogP contribution in [0.2, 0.25) is 0 Å². The van der Waals surface area contributed by atoms with Gasteiger partial charge in [0, 0.05) is 5.69 Å². The van der Waals surface area contributed by atoms with Crippen molar-refractivity contribution >= 4 is 34.4 Å². The number of H-pyrrole nitrogens is 1. The molecule has 0 aliphatic rings. The van der Waals surface area contributed by atoms with Gasteiger partial charge in [-0.15, -0.1) is 5.11 Å². The number of azo groups is 1. The molecule has 126 valence electrons. The van der Waals surface area contributed by atoms with Crippen LogP contribution in [-0.2, 0) is 0 Å². The third kappa shape index (κ3) is 3.86. The summed E-state index contributed by atoms with van der Waals surface area (Å²) < 4.78 is 14.4. The Balaban J connectivity index is 1.85. The summed E-state index contributed by atoms with van der Waals surface area (Å²) in [5, 5.41) is 13.8. The summed E-state index contributed by atoms with van der Waals surface area (Å²) in [5.74, 6) is -0.403. The lowest BCUT2D eigenvalue weighted by Gasteiger charge is -2.07. The molecular formula is C17H14FN5OS. The van der Waals surface area contributed by atoms with Crippen LogP contribution in [0.1, 0.15) is 5.69 Å². The summed E-state index contributed by atoms with van der Waals surface area (Å²) in [7, 11) is 0. The fourth-order valence-corrected chi connectivity index (χ4v) is 2.39. The number of halogens is 1. The van der Waals surface area contributed by atoms with E-state index in [9.17, 15) is 9.18 Å². The van der Waals surface area contributed by atoms with E-state index >= 15 is 0 Å². The van der Waals surface area contributed by atoms with Crippen LogP contribution in [0.15, 0.2) is 69.6 Å². The highest BCUT2D eigenvalue weighted by molar-refractivity contribution is 7.80. The van der Waals surface area contributed by atoms with E-state index in [-0.39, 0.29) is 10.8 Å². The summed E-state index contributed by atoms with van der Waals surface area (Å²) in [6.45, 7) is 1.70. The molecule has 0 amide bonds. The van der Waals surface area contributed by atoms with Crippen molar-refractivity contribution in [3.05, 3.63) is 76.5 Å². The number of anilines is 1. The Morgan fingerprint density at radius 2 is 1.92 bits per heavy atom. The zero-order chi connectivity index (χ0) is 17.8. The van der Waals surface area contributed by atoms with Crippen LogP contribution >= 0.6 is 12.2 Å². The lowest BCUT2D eigenvalue weighted by Crippen LogP contribution is -2.29. The molecular weight excluding hydrogens is 341 g/mol. The second-order valence-corrected chi connectivity index (χ2v) is 5.59. The Hall–Kier alpha value is -3.13. The minimum atomic E-state index is -0.439. The van der Waals surface area contributed by atoms with Crippen LogP contribution < -0.4 is 10.9 Å². The highest BCUT2D eigenvalue weighted by Gasteiger charge is 2.14. The summed E-state index contributed by atoms with van der Waals surface area (Å²) in [6, 6.07) is 14.9. The Morgan fingerprint density at radius 1 is 1.16 bits per heavy atom. The molecule has 0 saturated carbocycles. The molecule has 0 spiro atoms. The first-order chi connectivity index (χ1) is 12.0. The van der Waals surface area contributed by atoms with Gasteiger partial charge in [-0.05, 0) is 49.5 Å². The summed E-state index contributed by atoms with van der Waals surface area (Å²) in [4.78, 5) is 12.5. The molecule has 2 aromatic carbocycles. The van der Waals surface area contributed by atoms with Crippen LogP contribution in [0.25, 0.3) is 0 Å². The highest BCUT2D eigenvalue weighted by atomic mass is 32.1. The van der Waals surface area contributed by atoms with Crippen molar-refractivity contribution in [1.29, 1.82) is 0 Å². The smallest absolute Gasteiger partial charge is 0.301 e. The van der Waals surface area contributed by atoms with Gasteiger partial charge in [0.15, 0.2) is 10.8 Å². The fourth-order valence-electron chi connectivity index (χ4n) is 2.15. The number of hydrogen-bond acceptors (Lipinski definition) is 4. The second kappa shape index (κ2) is 7.18. The molecule has 2 N–H and O–H groups in total. The number of nitrogens with zero attached hydrogens (tertiary/aromatic N) is 3. The van der Waals surface area contributed by atoms with E-state index in [0.29, 0.717) is 17.1 Å². The number of aromatic amines is 1. The molecule has 0 aliphatic carbocycles. The minimum Gasteiger partial charge on any atom is -0.331 e. The molecule has 0 saturated heterocycles. The molecule has 0 radical (unpaired) electrons. The van der Waals surface area contributed by atoms with Crippen LogP contribution in [0, 0.1) is 12.7 Å². The predicted octanol–water partition coefficient (Wildman–Crippen LogP) is 4.28. The van der Waals surface area contributed by atoms with Crippen LogP contribution in [0.3, 0.4) is 0 Å². The maximum Gasteiger partial charge on any atom is 0.301 e. The standard InChI is InChI=1S/C17H14FN5OS/c1-11-15(21-20-13-7-3-2-4-8-13)16(24)23(22-11)17(25)19-14-9-5-6-12(18)10-14/h2-10,22H,1H3,(H,19,25). The van der Waals surface area contributed by atoms with Gasteiger partial charge in [-0.3, -0.25) is 9.89 Å². The number of aryl methyl sites for hydroxylation is 1. The average Bonchev–Trinajstić information content (AvgIpc) is 2.88. The lowest BCUT2D eigenvalue weighted by atomic mass is 10.3. The number of hydrogen-bond donors (Lipinski definition) is 2. The molecule has 3 aromatic rings. The van der Waals surface area contributed by atoms with Gasteiger partial charge in [-0.25, -0.2) is 4.39 Å². The maximum absolute atomic E-state index is 13.2. The first kappa shape index (κ1) is 16.7. The maximum atomic E-state index is 13.2. The van der Waals surface area contributed by atoms with Crippen molar-refractivity contribution < 1.29 is 4.39 Å². The van der Waals surface area contributed by atoms with E-state index < -0.39 is 11.4 Å². The second-order valence-electron chi connectivity index (χ2n) is 5.20. The molecule has 1 aromatic heterocycles. The largest absolute Gasteiger partial charge is 0.331 e. The van der Waals surface area contributed by atoms with Crippen LogP contribution in [-0.4, -0.2) is 14.9 Å². The third-order valence-corrected chi connectivity index (χ3v) is 3.63. The molecule has 0 bridgehead atoms. The van der Waals surface area contributed by atoms with E-state index in [0.717, 1.165) is 4.68 Å². The molecule has 1 heterocycles. The first-order valence-electron chi connectivity index (χ1n) is 7.40. The molecule has 3 rings (SSSR count). The predicted molar refractivity (Wildman–Crippen MR) is 98.4 cm³/mol. The molecule has 0 aliphatic heterocycles. The Bertz CT molecular complexity index is 994. The zero-order valence-electron chi connectivity index (χ0n) is 13.2. The first-order valence-corrected chi connectivity index (χ1v) is 7.81. The van der Waals surface area contributed by atoms with Crippen LogP contribution in [0.5, 0.6) is 0 Å². The van der Waals surface area contributed by atoms with Gasteiger partial charge in [0.2, 0.25) is 0 Å². The van der Waals surface area contributed by atoms with Crippen molar-refractivity contribution in [2.45, 2.75) is 6.92 Å². The quantitative estimate of drug-likeness (QED) is 0.544. The Kier molecular flexibility index (Phi) is 4.80. The van der Waals surface area contributed by atoms with E-state index in [1.807, 2.05) is 18.2 Å². The van der Waals surface area contributed by atoms with E-state index in [4.69, 9.17) is 12.2 Å². The van der Waals surface area contributed by atoms with Gasteiger partial charge in [0.05, 0.1) is 11.4 Å². The topological polar surface area (TPSA) is 74.5 Å². The van der Waals surface area contributed by atoms with Crippen molar-refractivity contribution in [2.75, 3.05) is 5.32 Å². The normalized spacial score (nSPS) is 11.0. The van der Waals surface area contributed by atoms with Gasteiger partial charge in [0.25, 0.3) is 0 Å². The fraction of sp³-hybridized carbons (Fsp3) is 0.0588. The van der Waals surface area contributed by atoms with Crippen molar-refractivity contribution in [1.82, 2.24) is 9.78 Å². The molecule has 0 atom stereocenters. The summed E-state index contributed by atoms with van der Waals surface area (Å²) >= 11 is 5.21. The SMILES string of the molecule is Cc1[nH]n(C(=S)Nc2cccc(F)c2)c(=O)c1N=Nc1ccccc1. The van der Waals surface area contributed by atoms with Crippen molar-refractivity contribution in [3.63, 3.8) is 0 Å². The van der Waals surface area contributed by atoms with Crippen LogP contribution in [0.4, 0.5) is 21.5 Å². The van der Waals surface area contributed by atoms with E-state index in [2.05, 4.69) is 20.6 Å². The Morgan fingerprint density at radius 3 is 2.64 bits per heavy atom. The molecule has 8 heteroatoms. The molecule has 6 nitrogen and oxygen atoms in total. The minimum absolute atomic E-state index is 0.0832. The molecule has 0 fully saturated rings. The number of nitrogens with one attached hydrogen (secondary N) is 2. The van der Waals surface area contributed by atoms with Gasteiger partial charge in [0.1, 0.15) is 5.82 Å². The summed E-state index contributed by atoms with van der Waals surface area (Å²) in [6.07, 6.45) is 0. The monoisotopic (exact) mass is 355 g/mol. The summed E-state index contributed by atoms with van der Waals surface area (Å²) in [5.41, 5.74) is 1.32. The van der Waals surface area contributed by atoms with E-state index in [1.165, 1.54) is 12.1 Å². The number of thiocarbonyl (C=S) groups is 1. The highest BCUT2D eigenvalue weighted by Crippen LogP contribution is 2.17. The lowest BCUT2D eigenvalue weighted by molar-refractivity contribution is 0.628. The number of benzene rings is 2. The van der Waals surface area contributed by atoms with Crippen molar-refractivity contribution in [3.8, 4) is 0 Å². The number of aromatic nitrogens is 2. The zero-order valence-corrected chi connectivity index (χ0v) is 14.0. The van der Waals surface area contributed by atoms with Gasteiger partial charge < -0.3 is 5.32 Å². The third-order valence-electron chi connectivity index (χ3n) is 3.34. The van der Waals surface area contributed by atoms with Gasteiger partial charge in [-0.2, -0.15) is 9.80 Å². The molecule has 0 unspecified atom stereocenters. The van der Waals surface area contributed by atoms with Gasteiger partial charge >= 0.3 is 5.56 Å². The number of rotatable bonds is 3. The van der Waals surface area contributed by atoms with Gasteiger partial charge in [-0.1, -0.05) is 24.3 Å². The Labute approximate surface area is 148 Å². The van der Waals surface area contributed by atoms with E-state index in [1.54, 1.807) is 31.2 Å². The van der Waals surface area contributed by atoms with Crippen molar-refractivity contribution in [2.24, 2.45) is 10.2 Å².